The molecule has 0 saturated heterocycles. The number of amides is 2. The summed E-state index contributed by atoms with van der Waals surface area (Å²) in [4.78, 5) is 60.0. The molecule has 51 heavy (non-hydrogen) atoms. The van der Waals surface area contributed by atoms with Gasteiger partial charge in [-0.15, -0.1) is 6.42 Å². The molecule has 2 aromatic carbocycles. The van der Waals surface area contributed by atoms with Crippen molar-refractivity contribution in [2.24, 2.45) is 0 Å². The van der Waals surface area contributed by atoms with Gasteiger partial charge in [-0.2, -0.15) is 0 Å². The van der Waals surface area contributed by atoms with Crippen LogP contribution >= 0.6 is 22.6 Å². The summed E-state index contributed by atoms with van der Waals surface area (Å²) in [6.07, 6.45) is 6.45. The number of esters is 2. The SMILES string of the molecule is C#Cc1ccc(C#Cc2ccc(I)cc2)c(C(=O)NCCOCCOCCOCC(=O)NCCCCC(NC(C(=O)OC)C(=O)OC)C(=O)O)c1. The molecule has 0 aliphatic heterocycles. The average Bonchev–Trinajstić information content (AvgIpc) is 3.13. The van der Waals surface area contributed by atoms with E-state index in [4.69, 9.17) is 20.6 Å². The van der Waals surface area contributed by atoms with Crippen molar-refractivity contribution in [1.82, 2.24) is 16.0 Å². The van der Waals surface area contributed by atoms with Gasteiger partial charge in [0.05, 0.1) is 52.8 Å². The number of terminal acetylenes is 1. The third-order valence-corrected chi connectivity index (χ3v) is 7.63. The first kappa shape index (κ1) is 42.6. The smallest absolute Gasteiger partial charge is 0.334 e. The van der Waals surface area contributed by atoms with Gasteiger partial charge in [0.1, 0.15) is 12.6 Å². The number of hydrogen-bond acceptors (Lipinski definition) is 11. The van der Waals surface area contributed by atoms with E-state index in [1.54, 1.807) is 18.2 Å². The monoisotopic (exact) mass is 819 g/mol. The molecule has 15 heteroatoms. The van der Waals surface area contributed by atoms with E-state index in [0.29, 0.717) is 36.1 Å². The highest BCUT2D eigenvalue weighted by atomic mass is 127. The van der Waals surface area contributed by atoms with Gasteiger partial charge in [-0.1, -0.05) is 17.8 Å². The topological polar surface area (TPSA) is 188 Å². The molecule has 14 nitrogen and oxygen atoms in total. The number of unbranched alkanes of at least 4 members (excludes halogenated alkanes) is 1. The first-order valence-corrected chi connectivity index (χ1v) is 17.0. The van der Waals surface area contributed by atoms with Gasteiger partial charge in [0.2, 0.25) is 11.9 Å². The van der Waals surface area contributed by atoms with E-state index in [1.165, 1.54) is 0 Å². The Morgan fingerprint density at radius 3 is 2.06 bits per heavy atom. The number of methoxy groups -OCH3 is 2. The van der Waals surface area contributed by atoms with Crippen LogP contribution < -0.4 is 16.0 Å². The number of carbonyl (C=O) groups excluding carboxylic acids is 4. The van der Waals surface area contributed by atoms with Crippen LogP contribution in [-0.4, -0.2) is 114 Å². The van der Waals surface area contributed by atoms with Crippen LogP contribution in [0.1, 0.15) is 46.3 Å². The van der Waals surface area contributed by atoms with Crippen molar-refractivity contribution >= 4 is 52.3 Å². The second-order valence-corrected chi connectivity index (χ2v) is 11.8. The van der Waals surface area contributed by atoms with Crippen molar-refractivity contribution in [2.75, 3.05) is 67.0 Å². The molecule has 0 radical (unpaired) electrons. The second-order valence-electron chi connectivity index (χ2n) is 10.6. The van der Waals surface area contributed by atoms with Crippen molar-refractivity contribution in [2.45, 2.75) is 31.3 Å². The Bertz CT molecular complexity index is 1550. The fourth-order valence-electron chi connectivity index (χ4n) is 4.24. The fourth-order valence-corrected chi connectivity index (χ4v) is 4.60. The number of benzene rings is 2. The van der Waals surface area contributed by atoms with Gasteiger partial charge in [-0.25, -0.2) is 9.59 Å². The predicted molar refractivity (Wildman–Crippen MR) is 194 cm³/mol. The summed E-state index contributed by atoms with van der Waals surface area (Å²) in [6.45, 7) is 1.64. The van der Waals surface area contributed by atoms with Crippen LogP contribution in [0.2, 0.25) is 0 Å². The number of aliphatic carboxylic acids is 1. The van der Waals surface area contributed by atoms with Crippen LogP contribution in [0.25, 0.3) is 0 Å². The number of carboxylic acid groups (broad SMARTS) is 1. The number of rotatable bonds is 22. The summed E-state index contributed by atoms with van der Waals surface area (Å²) in [6, 6.07) is 10.1. The van der Waals surface area contributed by atoms with E-state index in [9.17, 15) is 29.1 Å². The van der Waals surface area contributed by atoms with Crippen LogP contribution in [0.3, 0.4) is 0 Å². The molecule has 274 valence electrons. The Morgan fingerprint density at radius 1 is 0.804 bits per heavy atom. The maximum absolute atomic E-state index is 12.9. The van der Waals surface area contributed by atoms with Gasteiger partial charge < -0.3 is 39.4 Å². The van der Waals surface area contributed by atoms with Crippen LogP contribution in [0.15, 0.2) is 42.5 Å². The number of ether oxygens (including phenoxy) is 5. The zero-order valence-corrected chi connectivity index (χ0v) is 30.6. The maximum Gasteiger partial charge on any atom is 0.334 e. The maximum atomic E-state index is 12.9. The molecular weight excluding hydrogens is 777 g/mol. The quantitative estimate of drug-likeness (QED) is 0.0442. The lowest BCUT2D eigenvalue weighted by molar-refractivity contribution is -0.156. The third-order valence-electron chi connectivity index (χ3n) is 6.91. The average molecular weight is 820 g/mol. The number of halogens is 1. The summed E-state index contributed by atoms with van der Waals surface area (Å²) in [5.74, 6) is 4.84. The Morgan fingerprint density at radius 2 is 1.43 bits per heavy atom. The zero-order chi connectivity index (χ0) is 37.4. The second kappa shape index (κ2) is 24.6. The van der Waals surface area contributed by atoms with Crippen LogP contribution in [0.5, 0.6) is 0 Å². The Kier molecular flexibility index (Phi) is 20.6. The molecule has 0 fully saturated rings. The Balaban J connectivity index is 1.55. The first-order chi connectivity index (χ1) is 24.6. The number of carbonyl (C=O) groups is 5. The highest BCUT2D eigenvalue weighted by Gasteiger charge is 2.33. The molecule has 0 bridgehead atoms. The number of hydrogen-bond donors (Lipinski definition) is 4. The zero-order valence-electron chi connectivity index (χ0n) is 28.5. The van der Waals surface area contributed by atoms with E-state index in [1.807, 2.05) is 24.3 Å². The van der Waals surface area contributed by atoms with Crippen LogP contribution in [-0.2, 0) is 42.9 Å². The molecule has 0 saturated carbocycles. The molecular formula is C36H42IN3O11. The summed E-state index contributed by atoms with van der Waals surface area (Å²) in [7, 11) is 2.14. The van der Waals surface area contributed by atoms with Gasteiger partial charge in [0.25, 0.3) is 5.91 Å². The van der Waals surface area contributed by atoms with Gasteiger partial charge >= 0.3 is 17.9 Å². The normalized spacial score (nSPS) is 11.0. The molecule has 0 heterocycles. The van der Waals surface area contributed by atoms with Gasteiger partial charge in [0.15, 0.2) is 0 Å². The standard InChI is InChI=1S/C36H42IN3O11/c1-4-25-8-12-27(13-9-26-10-14-28(37)15-11-26)29(23-25)33(42)39-17-18-49-19-20-50-21-22-51-24-31(41)38-16-6-5-7-30(34(43)44)40-32(35(45)47-2)36(46)48-3/h1,8,10-12,14-15,23,30,32,40H,5-7,16-22,24H2,2-3H3,(H,38,41)(H,39,42)(H,43,44). The summed E-state index contributed by atoms with van der Waals surface area (Å²) in [5, 5.41) is 17.4. The Hall–Kier alpha value is -4.52. The lowest BCUT2D eigenvalue weighted by atomic mass is 10.0. The highest BCUT2D eigenvalue weighted by Crippen LogP contribution is 2.12. The van der Waals surface area contributed by atoms with Crippen molar-refractivity contribution in [3.05, 3.63) is 68.3 Å². The van der Waals surface area contributed by atoms with E-state index in [2.05, 4.69) is 65.8 Å². The molecule has 2 rings (SSSR count). The summed E-state index contributed by atoms with van der Waals surface area (Å²) >= 11 is 2.22. The van der Waals surface area contributed by atoms with Gasteiger partial charge in [-0.05, 0) is 84.3 Å². The van der Waals surface area contributed by atoms with Crippen LogP contribution in [0, 0.1) is 27.8 Å². The number of carboxylic acids is 1. The number of nitrogens with one attached hydrogen (secondary N) is 3. The lowest BCUT2D eigenvalue weighted by Gasteiger charge is -2.19. The Labute approximate surface area is 310 Å². The highest BCUT2D eigenvalue weighted by molar-refractivity contribution is 14.1. The van der Waals surface area contributed by atoms with E-state index in [0.717, 1.165) is 23.4 Å². The minimum Gasteiger partial charge on any atom is -0.480 e. The van der Waals surface area contributed by atoms with Crippen LogP contribution in [0.4, 0.5) is 0 Å². The third kappa shape index (κ3) is 16.8. The first-order valence-electron chi connectivity index (χ1n) is 15.9. The van der Waals surface area contributed by atoms with E-state index in [-0.39, 0.29) is 64.4 Å². The lowest BCUT2D eigenvalue weighted by Crippen LogP contribution is -2.52. The van der Waals surface area contributed by atoms with Crippen molar-refractivity contribution in [3.8, 4) is 24.2 Å². The summed E-state index contributed by atoms with van der Waals surface area (Å²) in [5.41, 5.74) is 2.35. The molecule has 4 N–H and O–H groups in total. The molecule has 0 spiro atoms. The van der Waals surface area contributed by atoms with Crippen molar-refractivity contribution < 1.29 is 52.8 Å². The molecule has 2 aromatic rings. The fraction of sp³-hybridized carbons (Fsp3) is 0.417. The van der Waals surface area contributed by atoms with Gasteiger partial charge in [-0.3, -0.25) is 19.7 Å². The minimum absolute atomic E-state index is 0.0924. The van der Waals surface area contributed by atoms with Crippen molar-refractivity contribution in [1.29, 1.82) is 0 Å². The molecule has 0 aromatic heterocycles. The minimum atomic E-state index is -1.57. The molecule has 0 aliphatic carbocycles. The van der Waals surface area contributed by atoms with E-state index < -0.39 is 30.0 Å². The van der Waals surface area contributed by atoms with Gasteiger partial charge in [0, 0.05) is 33.4 Å². The molecule has 2 amide bonds. The predicted octanol–water partition coefficient (Wildman–Crippen LogP) is 1.50. The van der Waals surface area contributed by atoms with E-state index >= 15 is 0 Å². The summed E-state index contributed by atoms with van der Waals surface area (Å²) < 4.78 is 26.4. The molecule has 1 atom stereocenters. The largest absolute Gasteiger partial charge is 0.480 e. The van der Waals surface area contributed by atoms with Crippen molar-refractivity contribution in [3.63, 3.8) is 0 Å². The molecule has 0 aliphatic rings. The molecule has 1 unspecified atom stereocenters.